The number of carbonyl (C=O) groups excluding carboxylic acids is 1. The van der Waals surface area contributed by atoms with Crippen molar-refractivity contribution in [1.82, 2.24) is 0 Å². The van der Waals surface area contributed by atoms with Crippen molar-refractivity contribution in [2.75, 3.05) is 11.1 Å². The number of hydrogen-bond acceptors (Lipinski definition) is 4. The predicted octanol–water partition coefficient (Wildman–Crippen LogP) is 2.92. The maximum absolute atomic E-state index is 12.1. The SMILES string of the molecule is N#Cc1ccc(NC(=O)c2cc(N)ccc2Cl)cc1C#N. The molecule has 0 unspecified atom stereocenters. The monoisotopic (exact) mass is 296 g/mol. The standard InChI is InChI=1S/C15H9ClN4O/c16-14-4-2-11(19)6-13(14)15(21)20-12-3-1-9(7-17)10(5-12)8-18/h1-6H,19H2,(H,20,21). The van der Waals surface area contributed by atoms with Gasteiger partial charge in [-0.1, -0.05) is 11.6 Å². The van der Waals surface area contributed by atoms with Gasteiger partial charge in [-0.2, -0.15) is 10.5 Å². The molecule has 102 valence electrons. The third-order valence-electron chi connectivity index (χ3n) is 2.75. The zero-order valence-electron chi connectivity index (χ0n) is 10.7. The Labute approximate surface area is 126 Å². The summed E-state index contributed by atoms with van der Waals surface area (Å²) >= 11 is 5.95. The minimum atomic E-state index is -0.444. The molecule has 0 saturated heterocycles. The van der Waals surface area contributed by atoms with Crippen LogP contribution < -0.4 is 11.1 Å². The smallest absolute Gasteiger partial charge is 0.257 e. The normalized spacial score (nSPS) is 9.48. The number of nitriles is 2. The molecule has 0 aliphatic heterocycles. The Morgan fingerprint density at radius 3 is 2.48 bits per heavy atom. The minimum absolute atomic E-state index is 0.189. The Kier molecular flexibility index (Phi) is 4.08. The van der Waals surface area contributed by atoms with Crippen LogP contribution in [0.3, 0.4) is 0 Å². The summed E-state index contributed by atoms with van der Waals surface area (Å²) in [4.78, 5) is 12.1. The second kappa shape index (κ2) is 5.96. The molecule has 6 heteroatoms. The second-order valence-corrected chi connectivity index (χ2v) is 4.58. The van der Waals surface area contributed by atoms with Crippen molar-refractivity contribution < 1.29 is 4.79 Å². The molecule has 2 aromatic carbocycles. The Hall–Kier alpha value is -3.02. The molecule has 21 heavy (non-hydrogen) atoms. The van der Waals surface area contributed by atoms with Gasteiger partial charge >= 0.3 is 0 Å². The number of amides is 1. The number of nitrogens with zero attached hydrogens (tertiary/aromatic N) is 2. The van der Waals surface area contributed by atoms with Crippen LogP contribution in [0.25, 0.3) is 0 Å². The highest BCUT2D eigenvalue weighted by Gasteiger charge is 2.12. The van der Waals surface area contributed by atoms with Gasteiger partial charge in [0.25, 0.3) is 5.91 Å². The van der Waals surface area contributed by atoms with Crippen LogP contribution in [0.5, 0.6) is 0 Å². The third-order valence-corrected chi connectivity index (χ3v) is 3.08. The molecule has 0 aliphatic rings. The average Bonchev–Trinajstić information content (AvgIpc) is 2.49. The fourth-order valence-electron chi connectivity index (χ4n) is 1.73. The van der Waals surface area contributed by atoms with Crippen LogP contribution in [0.2, 0.25) is 5.02 Å². The van der Waals surface area contributed by atoms with Gasteiger partial charge in [0.1, 0.15) is 12.1 Å². The zero-order valence-corrected chi connectivity index (χ0v) is 11.5. The van der Waals surface area contributed by atoms with E-state index in [2.05, 4.69) is 5.32 Å². The topological polar surface area (TPSA) is 103 Å². The van der Waals surface area contributed by atoms with E-state index in [-0.39, 0.29) is 21.7 Å². The maximum Gasteiger partial charge on any atom is 0.257 e. The Balaban J connectivity index is 2.30. The van der Waals surface area contributed by atoms with E-state index in [1.807, 2.05) is 12.1 Å². The van der Waals surface area contributed by atoms with Gasteiger partial charge in [-0.05, 0) is 36.4 Å². The van der Waals surface area contributed by atoms with Gasteiger partial charge in [0, 0.05) is 11.4 Å². The molecule has 5 nitrogen and oxygen atoms in total. The molecule has 2 aromatic rings. The molecule has 0 fully saturated rings. The Morgan fingerprint density at radius 1 is 1.10 bits per heavy atom. The summed E-state index contributed by atoms with van der Waals surface area (Å²) in [5.74, 6) is -0.444. The predicted molar refractivity (Wildman–Crippen MR) is 79.7 cm³/mol. The quantitative estimate of drug-likeness (QED) is 0.831. The van der Waals surface area contributed by atoms with E-state index in [0.29, 0.717) is 11.4 Å². The summed E-state index contributed by atoms with van der Waals surface area (Å²) in [6.07, 6.45) is 0. The van der Waals surface area contributed by atoms with Crippen LogP contribution in [0.1, 0.15) is 21.5 Å². The van der Waals surface area contributed by atoms with Crippen molar-refractivity contribution in [3.05, 3.63) is 58.1 Å². The molecule has 0 spiro atoms. The van der Waals surface area contributed by atoms with Crippen LogP contribution >= 0.6 is 11.6 Å². The summed E-state index contributed by atoms with van der Waals surface area (Å²) in [6, 6.07) is 12.8. The Bertz CT molecular complexity index is 802. The number of anilines is 2. The van der Waals surface area contributed by atoms with E-state index >= 15 is 0 Å². The summed E-state index contributed by atoms with van der Waals surface area (Å²) in [7, 11) is 0. The maximum atomic E-state index is 12.1. The van der Waals surface area contributed by atoms with Crippen molar-refractivity contribution in [2.24, 2.45) is 0 Å². The molecule has 0 aromatic heterocycles. The fraction of sp³-hybridized carbons (Fsp3) is 0. The lowest BCUT2D eigenvalue weighted by atomic mass is 10.1. The van der Waals surface area contributed by atoms with E-state index in [0.717, 1.165) is 0 Å². The van der Waals surface area contributed by atoms with E-state index in [1.54, 1.807) is 6.07 Å². The highest BCUT2D eigenvalue weighted by Crippen LogP contribution is 2.21. The summed E-state index contributed by atoms with van der Waals surface area (Å²) < 4.78 is 0. The Morgan fingerprint density at radius 2 is 1.81 bits per heavy atom. The number of nitrogen functional groups attached to an aromatic ring is 1. The average molecular weight is 297 g/mol. The molecule has 0 heterocycles. The number of hydrogen-bond donors (Lipinski definition) is 2. The van der Waals surface area contributed by atoms with E-state index in [1.165, 1.54) is 30.3 Å². The van der Waals surface area contributed by atoms with Crippen LogP contribution in [-0.4, -0.2) is 5.91 Å². The van der Waals surface area contributed by atoms with Crippen molar-refractivity contribution in [2.45, 2.75) is 0 Å². The fourth-order valence-corrected chi connectivity index (χ4v) is 1.93. The number of nitrogens with one attached hydrogen (secondary N) is 1. The van der Waals surface area contributed by atoms with Crippen molar-refractivity contribution >= 4 is 28.9 Å². The highest BCUT2D eigenvalue weighted by atomic mass is 35.5. The molecule has 3 N–H and O–H groups in total. The molecule has 0 saturated carbocycles. The van der Waals surface area contributed by atoms with Gasteiger partial charge < -0.3 is 11.1 Å². The van der Waals surface area contributed by atoms with Crippen LogP contribution in [-0.2, 0) is 0 Å². The van der Waals surface area contributed by atoms with Crippen molar-refractivity contribution in [1.29, 1.82) is 10.5 Å². The van der Waals surface area contributed by atoms with E-state index in [9.17, 15) is 4.79 Å². The van der Waals surface area contributed by atoms with Crippen molar-refractivity contribution in [3.8, 4) is 12.1 Å². The minimum Gasteiger partial charge on any atom is -0.399 e. The first-order valence-electron chi connectivity index (χ1n) is 5.86. The van der Waals surface area contributed by atoms with Crippen LogP contribution in [0.15, 0.2) is 36.4 Å². The van der Waals surface area contributed by atoms with Gasteiger partial charge in [0.15, 0.2) is 0 Å². The summed E-state index contributed by atoms with van der Waals surface area (Å²) in [6.45, 7) is 0. The molecule has 0 bridgehead atoms. The molecular formula is C15H9ClN4O. The molecule has 2 rings (SSSR count). The number of carbonyl (C=O) groups is 1. The highest BCUT2D eigenvalue weighted by molar-refractivity contribution is 6.34. The first-order chi connectivity index (χ1) is 10.0. The second-order valence-electron chi connectivity index (χ2n) is 4.18. The van der Waals surface area contributed by atoms with Gasteiger partial charge in [-0.3, -0.25) is 4.79 Å². The van der Waals surface area contributed by atoms with E-state index < -0.39 is 5.91 Å². The van der Waals surface area contributed by atoms with Gasteiger partial charge in [0.05, 0.1) is 21.7 Å². The number of nitrogens with two attached hydrogens (primary N) is 1. The molecule has 1 amide bonds. The lowest BCUT2D eigenvalue weighted by Gasteiger charge is -2.08. The number of halogens is 1. The van der Waals surface area contributed by atoms with Gasteiger partial charge in [-0.15, -0.1) is 0 Å². The van der Waals surface area contributed by atoms with Crippen LogP contribution in [0.4, 0.5) is 11.4 Å². The molecule has 0 atom stereocenters. The lowest BCUT2D eigenvalue weighted by Crippen LogP contribution is -2.13. The van der Waals surface area contributed by atoms with Gasteiger partial charge in [-0.25, -0.2) is 0 Å². The first-order valence-corrected chi connectivity index (χ1v) is 6.23. The number of rotatable bonds is 2. The molecule has 0 aliphatic carbocycles. The van der Waals surface area contributed by atoms with Crippen molar-refractivity contribution in [3.63, 3.8) is 0 Å². The lowest BCUT2D eigenvalue weighted by molar-refractivity contribution is 0.102. The summed E-state index contributed by atoms with van der Waals surface area (Å²) in [5, 5.41) is 20.7. The molecule has 0 radical (unpaired) electrons. The third kappa shape index (κ3) is 3.11. The number of benzene rings is 2. The van der Waals surface area contributed by atoms with Crippen LogP contribution in [0, 0.1) is 22.7 Å². The summed E-state index contributed by atoms with van der Waals surface area (Å²) in [5.41, 5.74) is 7.11. The van der Waals surface area contributed by atoms with Gasteiger partial charge in [0.2, 0.25) is 0 Å². The van der Waals surface area contributed by atoms with E-state index in [4.69, 9.17) is 27.9 Å². The largest absolute Gasteiger partial charge is 0.399 e. The molecular weight excluding hydrogens is 288 g/mol. The zero-order chi connectivity index (χ0) is 15.4. The first kappa shape index (κ1) is 14.4.